The molecule has 1 atom stereocenters. The summed E-state index contributed by atoms with van der Waals surface area (Å²) in [6.45, 7) is 5.67. The van der Waals surface area contributed by atoms with Crippen LogP contribution >= 0.6 is 0 Å². The number of para-hydroxylation sites is 1. The lowest BCUT2D eigenvalue weighted by Gasteiger charge is -2.38. The third kappa shape index (κ3) is 5.51. The lowest BCUT2D eigenvalue weighted by Crippen LogP contribution is -2.51. The highest BCUT2D eigenvalue weighted by Crippen LogP contribution is 2.34. The molecule has 0 aliphatic carbocycles. The number of rotatable bonds is 8. The van der Waals surface area contributed by atoms with Gasteiger partial charge in [0.1, 0.15) is 11.5 Å². The van der Waals surface area contributed by atoms with Crippen molar-refractivity contribution in [1.82, 2.24) is 15.5 Å². The number of anilines is 1. The molecular weight excluding hydrogens is 448 g/mol. The number of hydrogen-bond acceptors (Lipinski definition) is 7. The average molecular weight is 481 g/mol. The summed E-state index contributed by atoms with van der Waals surface area (Å²) in [6.07, 6.45) is 0. The number of urea groups is 1. The molecular formula is C26H32N4O5. The normalized spacial score (nSPS) is 18.5. The van der Waals surface area contributed by atoms with Gasteiger partial charge in [0.25, 0.3) is 0 Å². The highest BCUT2D eigenvalue weighted by Gasteiger charge is 2.36. The monoisotopic (exact) mass is 480 g/mol. The lowest BCUT2D eigenvalue weighted by molar-refractivity contribution is -0.139. The van der Waals surface area contributed by atoms with E-state index in [4.69, 9.17) is 14.2 Å². The van der Waals surface area contributed by atoms with E-state index in [9.17, 15) is 9.59 Å². The molecule has 0 radical (unpaired) electrons. The number of amides is 2. The maximum Gasteiger partial charge on any atom is 0.338 e. The van der Waals surface area contributed by atoms with Crippen molar-refractivity contribution in [3.8, 4) is 11.5 Å². The van der Waals surface area contributed by atoms with Gasteiger partial charge in [0.15, 0.2) is 0 Å². The quantitative estimate of drug-likeness (QED) is 0.562. The average Bonchev–Trinajstić information content (AvgIpc) is 2.89. The molecule has 186 valence electrons. The molecule has 0 bridgehead atoms. The van der Waals surface area contributed by atoms with Gasteiger partial charge in [-0.2, -0.15) is 0 Å². The number of methoxy groups -OCH3 is 2. The van der Waals surface area contributed by atoms with Crippen LogP contribution in [0.1, 0.15) is 18.5 Å². The number of esters is 1. The molecule has 4 rings (SSSR count). The molecule has 9 nitrogen and oxygen atoms in total. The first-order chi connectivity index (χ1) is 17.0. The minimum atomic E-state index is -0.672. The second-order valence-electron chi connectivity index (χ2n) is 8.35. The predicted octanol–water partition coefficient (Wildman–Crippen LogP) is 2.70. The number of benzene rings is 2. The van der Waals surface area contributed by atoms with Gasteiger partial charge in [-0.3, -0.25) is 4.90 Å². The first-order valence-electron chi connectivity index (χ1n) is 11.8. The molecule has 0 aromatic heterocycles. The van der Waals surface area contributed by atoms with Crippen LogP contribution in [0.25, 0.3) is 0 Å². The van der Waals surface area contributed by atoms with E-state index in [2.05, 4.69) is 32.6 Å². The van der Waals surface area contributed by atoms with Crippen molar-refractivity contribution in [3.63, 3.8) is 0 Å². The Morgan fingerprint density at radius 1 is 1.00 bits per heavy atom. The number of hydrogen-bond donors (Lipinski definition) is 2. The van der Waals surface area contributed by atoms with Gasteiger partial charge in [0, 0.05) is 49.7 Å². The summed E-state index contributed by atoms with van der Waals surface area (Å²) in [5.41, 5.74) is 2.80. The molecule has 1 saturated heterocycles. The van der Waals surface area contributed by atoms with Crippen molar-refractivity contribution in [3.05, 3.63) is 65.4 Å². The summed E-state index contributed by atoms with van der Waals surface area (Å²) < 4.78 is 16.1. The van der Waals surface area contributed by atoms with Crippen molar-refractivity contribution in [2.45, 2.75) is 13.0 Å². The van der Waals surface area contributed by atoms with Gasteiger partial charge in [0.05, 0.1) is 32.4 Å². The molecule has 0 saturated carbocycles. The molecule has 2 heterocycles. The van der Waals surface area contributed by atoms with Crippen molar-refractivity contribution in [1.29, 1.82) is 0 Å². The van der Waals surface area contributed by atoms with E-state index >= 15 is 0 Å². The molecule has 1 fully saturated rings. The summed E-state index contributed by atoms with van der Waals surface area (Å²) in [5.74, 6) is 0.966. The van der Waals surface area contributed by atoms with Crippen LogP contribution in [-0.4, -0.2) is 70.5 Å². The molecule has 0 spiro atoms. The molecule has 2 N–H and O–H groups in total. The van der Waals surface area contributed by atoms with Crippen molar-refractivity contribution >= 4 is 17.7 Å². The van der Waals surface area contributed by atoms with E-state index in [1.54, 1.807) is 21.1 Å². The van der Waals surface area contributed by atoms with Crippen LogP contribution in [0.2, 0.25) is 0 Å². The molecule has 2 aromatic rings. The Morgan fingerprint density at radius 3 is 2.37 bits per heavy atom. The van der Waals surface area contributed by atoms with E-state index < -0.39 is 12.0 Å². The van der Waals surface area contributed by atoms with Gasteiger partial charge in [-0.15, -0.1) is 0 Å². The Labute approximate surface area is 205 Å². The van der Waals surface area contributed by atoms with Crippen LogP contribution < -0.4 is 25.0 Å². The maximum absolute atomic E-state index is 13.1. The topological polar surface area (TPSA) is 92.4 Å². The Kier molecular flexibility index (Phi) is 7.77. The van der Waals surface area contributed by atoms with Crippen LogP contribution in [-0.2, 0) is 9.53 Å². The molecule has 9 heteroatoms. The van der Waals surface area contributed by atoms with Crippen LogP contribution in [0, 0.1) is 0 Å². The van der Waals surface area contributed by atoms with E-state index in [0.29, 0.717) is 29.1 Å². The predicted molar refractivity (Wildman–Crippen MR) is 133 cm³/mol. The van der Waals surface area contributed by atoms with E-state index in [1.807, 2.05) is 36.4 Å². The number of ether oxygens (including phenoxy) is 3. The molecule has 0 unspecified atom stereocenters. The summed E-state index contributed by atoms with van der Waals surface area (Å²) in [7, 11) is 3.23. The van der Waals surface area contributed by atoms with Crippen LogP contribution in [0.4, 0.5) is 10.5 Å². The number of nitrogens with one attached hydrogen (secondary N) is 2. The molecule has 35 heavy (non-hydrogen) atoms. The van der Waals surface area contributed by atoms with Crippen LogP contribution in [0.5, 0.6) is 11.5 Å². The largest absolute Gasteiger partial charge is 0.497 e. The fraction of sp³-hybridized carbons (Fsp3) is 0.385. The maximum atomic E-state index is 13.1. The van der Waals surface area contributed by atoms with Gasteiger partial charge >= 0.3 is 12.0 Å². The van der Waals surface area contributed by atoms with E-state index in [0.717, 1.165) is 37.6 Å². The smallest absolute Gasteiger partial charge is 0.338 e. The van der Waals surface area contributed by atoms with Gasteiger partial charge < -0.3 is 29.7 Å². The zero-order valence-electron chi connectivity index (χ0n) is 20.4. The molecule has 2 amide bonds. The van der Waals surface area contributed by atoms with E-state index in [-0.39, 0.29) is 12.6 Å². The first kappa shape index (κ1) is 24.4. The van der Waals surface area contributed by atoms with Crippen molar-refractivity contribution < 1.29 is 23.8 Å². The number of piperazine rings is 1. The van der Waals surface area contributed by atoms with Gasteiger partial charge in [-0.25, -0.2) is 9.59 Å². The van der Waals surface area contributed by atoms with Crippen LogP contribution in [0.3, 0.4) is 0 Å². The number of carbonyl (C=O) groups is 2. The second-order valence-corrected chi connectivity index (χ2v) is 8.35. The first-order valence-corrected chi connectivity index (χ1v) is 11.8. The highest BCUT2D eigenvalue weighted by molar-refractivity contribution is 5.95. The minimum Gasteiger partial charge on any atom is -0.497 e. The van der Waals surface area contributed by atoms with Crippen molar-refractivity contribution in [2.75, 3.05) is 58.5 Å². The zero-order chi connectivity index (χ0) is 24.8. The fourth-order valence-corrected chi connectivity index (χ4v) is 4.51. The zero-order valence-corrected chi connectivity index (χ0v) is 20.4. The highest BCUT2D eigenvalue weighted by atomic mass is 16.5. The Bertz CT molecular complexity index is 1080. The standard InChI is InChI=1S/C26H32N4O5/c1-4-35-25(31)23-21(27-26(32)28-24(23)20-7-5-6-8-22(20)34-3)17-29-13-15-30(16-14-29)18-9-11-19(33-2)12-10-18/h5-12,24H,4,13-17H2,1-3H3,(H2,27,28,32)/t24-/m0/s1. The Hall–Kier alpha value is -3.72. The summed E-state index contributed by atoms with van der Waals surface area (Å²) in [4.78, 5) is 30.3. The third-order valence-corrected chi connectivity index (χ3v) is 6.29. The summed E-state index contributed by atoms with van der Waals surface area (Å²) in [6, 6.07) is 14.4. The van der Waals surface area contributed by atoms with E-state index in [1.165, 1.54) is 0 Å². The molecule has 2 aromatic carbocycles. The number of carbonyl (C=O) groups excluding carboxylic acids is 2. The Balaban J connectivity index is 1.55. The van der Waals surface area contributed by atoms with Gasteiger partial charge in [0.2, 0.25) is 0 Å². The minimum absolute atomic E-state index is 0.239. The summed E-state index contributed by atoms with van der Waals surface area (Å²) >= 11 is 0. The third-order valence-electron chi connectivity index (χ3n) is 6.29. The van der Waals surface area contributed by atoms with Crippen LogP contribution in [0.15, 0.2) is 59.8 Å². The summed E-state index contributed by atoms with van der Waals surface area (Å²) in [5, 5.41) is 5.74. The fourth-order valence-electron chi connectivity index (χ4n) is 4.51. The lowest BCUT2D eigenvalue weighted by atomic mass is 9.94. The second kappa shape index (κ2) is 11.1. The van der Waals surface area contributed by atoms with Gasteiger partial charge in [-0.05, 0) is 37.3 Å². The van der Waals surface area contributed by atoms with Crippen molar-refractivity contribution in [2.24, 2.45) is 0 Å². The molecule has 2 aliphatic heterocycles. The SMILES string of the molecule is CCOC(=O)C1=C(CN2CCN(c3ccc(OC)cc3)CC2)NC(=O)N[C@H]1c1ccccc1OC. The Morgan fingerprint density at radius 2 is 1.71 bits per heavy atom. The number of nitrogens with zero attached hydrogens (tertiary/aromatic N) is 2. The molecule has 2 aliphatic rings. The van der Waals surface area contributed by atoms with Gasteiger partial charge in [-0.1, -0.05) is 18.2 Å².